The van der Waals surface area contributed by atoms with Crippen LogP contribution in [0.25, 0.3) is 0 Å². The largest absolute Gasteiger partial charge is 0.505 e. The molecule has 2 amide bonds. The van der Waals surface area contributed by atoms with Crippen molar-refractivity contribution in [2.24, 2.45) is 17.8 Å². The van der Waals surface area contributed by atoms with Crippen molar-refractivity contribution in [1.29, 1.82) is 0 Å². The first-order chi connectivity index (χ1) is 17.3. The second-order valence-corrected chi connectivity index (χ2v) is 10.8. The summed E-state index contributed by atoms with van der Waals surface area (Å²) in [6.07, 6.45) is 3.73. The molecule has 4 aliphatic rings. The van der Waals surface area contributed by atoms with Gasteiger partial charge in [-0.05, 0) is 60.9 Å². The first-order valence-electron chi connectivity index (χ1n) is 11.8. The summed E-state index contributed by atoms with van der Waals surface area (Å²) in [6, 6.07) is 7.70. The van der Waals surface area contributed by atoms with Crippen LogP contribution in [-0.2, 0) is 25.7 Å². The second-order valence-electron chi connectivity index (χ2n) is 9.78. The highest BCUT2D eigenvalue weighted by atomic mass is 32.1. The number of carbonyl (C=O) groups excluding carboxylic acids is 4. The Labute approximate surface area is 210 Å². The molecule has 6 nitrogen and oxygen atoms in total. The van der Waals surface area contributed by atoms with Crippen LogP contribution in [0.2, 0.25) is 0 Å². The lowest BCUT2D eigenvalue weighted by atomic mass is 9.59. The van der Waals surface area contributed by atoms with Gasteiger partial charge in [-0.1, -0.05) is 23.8 Å². The molecule has 36 heavy (non-hydrogen) atoms. The highest BCUT2D eigenvalue weighted by molar-refractivity contribution is 7.09. The zero-order valence-corrected chi connectivity index (χ0v) is 20.2. The number of fused-ring (bicyclic) bond motifs is 3. The Bertz CT molecular complexity index is 1450. The van der Waals surface area contributed by atoms with Gasteiger partial charge in [-0.15, -0.1) is 11.3 Å². The number of halogens is 1. The minimum absolute atomic E-state index is 0.180. The van der Waals surface area contributed by atoms with Crippen molar-refractivity contribution in [2.45, 2.75) is 32.2 Å². The molecular formula is C28H22FNO5S. The molecule has 6 rings (SSSR count). The van der Waals surface area contributed by atoms with Crippen molar-refractivity contribution in [3.8, 4) is 5.75 Å². The van der Waals surface area contributed by atoms with E-state index in [9.17, 15) is 28.7 Å². The Morgan fingerprint density at radius 1 is 1.11 bits per heavy atom. The van der Waals surface area contributed by atoms with Crippen LogP contribution in [0.5, 0.6) is 5.75 Å². The van der Waals surface area contributed by atoms with E-state index in [2.05, 4.69) is 0 Å². The molecule has 0 bridgehead atoms. The summed E-state index contributed by atoms with van der Waals surface area (Å²) < 4.78 is 14.4. The SMILES string of the molecule is CC1=CC(=O)C2=C(C1=O)C(c1ccc(O)c(F)c1)C1=CCC3C(=O)N(Cc4cccs4)C(=O)C3C1C2. The Balaban J connectivity index is 1.46. The molecule has 1 aromatic carbocycles. The minimum atomic E-state index is -0.831. The molecule has 182 valence electrons. The van der Waals surface area contributed by atoms with E-state index in [-0.39, 0.29) is 36.3 Å². The number of phenolic OH excluding ortho intramolecular Hbond substituents is 1. The van der Waals surface area contributed by atoms with Crippen molar-refractivity contribution in [3.63, 3.8) is 0 Å². The normalized spacial score (nSPS) is 27.6. The average molecular weight is 504 g/mol. The molecule has 1 aliphatic heterocycles. The van der Waals surface area contributed by atoms with Crippen molar-refractivity contribution >= 4 is 34.7 Å². The van der Waals surface area contributed by atoms with Gasteiger partial charge in [0.15, 0.2) is 23.1 Å². The lowest BCUT2D eigenvalue weighted by Crippen LogP contribution is -2.39. The number of nitrogens with zero attached hydrogens (tertiary/aromatic N) is 1. The number of likely N-dealkylation sites (tertiary alicyclic amines) is 1. The number of phenols is 1. The maximum absolute atomic E-state index is 14.4. The van der Waals surface area contributed by atoms with E-state index in [1.165, 1.54) is 34.4 Å². The van der Waals surface area contributed by atoms with E-state index in [1.807, 2.05) is 23.6 Å². The van der Waals surface area contributed by atoms with Crippen LogP contribution in [0, 0.1) is 23.6 Å². The van der Waals surface area contributed by atoms with Crippen molar-refractivity contribution in [3.05, 3.63) is 86.4 Å². The van der Waals surface area contributed by atoms with E-state index in [4.69, 9.17) is 0 Å². The van der Waals surface area contributed by atoms with E-state index >= 15 is 0 Å². The maximum atomic E-state index is 14.4. The predicted molar refractivity (Wildman–Crippen MR) is 129 cm³/mol. The number of thiophene rings is 1. The lowest BCUT2D eigenvalue weighted by molar-refractivity contribution is -0.140. The van der Waals surface area contributed by atoms with Gasteiger partial charge in [0, 0.05) is 27.5 Å². The molecule has 0 saturated carbocycles. The van der Waals surface area contributed by atoms with Gasteiger partial charge in [-0.3, -0.25) is 24.1 Å². The Kier molecular flexibility index (Phi) is 5.19. The van der Waals surface area contributed by atoms with Gasteiger partial charge in [-0.2, -0.15) is 0 Å². The standard InChI is InChI=1S/C28H22FNO5S/c1-13-9-22(32)19-11-18-16(23(25(19)26(13)33)14-4-7-21(31)20(29)10-14)5-6-17-24(18)28(35)30(27(17)34)12-15-3-2-8-36-15/h2-5,7-10,17-18,23-24,31H,6,11-12H2,1H3. The molecule has 4 unspecified atom stereocenters. The summed E-state index contributed by atoms with van der Waals surface area (Å²) in [4.78, 5) is 55.6. The topological polar surface area (TPSA) is 91.8 Å². The van der Waals surface area contributed by atoms with Gasteiger partial charge >= 0.3 is 0 Å². The average Bonchev–Trinajstić information content (AvgIpc) is 3.46. The third kappa shape index (κ3) is 3.27. The molecule has 3 aliphatic carbocycles. The number of allylic oxidation sites excluding steroid dienone is 6. The number of hydrogen-bond donors (Lipinski definition) is 1. The number of rotatable bonds is 3. The molecule has 0 spiro atoms. The number of ketones is 2. The number of benzene rings is 1. The molecule has 8 heteroatoms. The van der Waals surface area contributed by atoms with Gasteiger partial charge in [0.05, 0.1) is 18.4 Å². The highest BCUT2D eigenvalue weighted by Crippen LogP contribution is 2.55. The quantitative estimate of drug-likeness (QED) is 0.385. The van der Waals surface area contributed by atoms with E-state index in [0.29, 0.717) is 28.7 Å². The molecular weight excluding hydrogens is 481 g/mol. The number of imide groups is 1. The fraction of sp³-hybridized carbons (Fsp3) is 0.286. The molecule has 1 saturated heterocycles. The van der Waals surface area contributed by atoms with E-state index in [1.54, 1.807) is 13.0 Å². The van der Waals surface area contributed by atoms with Crippen LogP contribution >= 0.6 is 11.3 Å². The van der Waals surface area contributed by atoms with Gasteiger partial charge in [0.1, 0.15) is 0 Å². The zero-order valence-electron chi connectivity index (χ0n) is 19.4. The molecule has 2 aromatic rings. The molecule has 2 heterocycles. The minimum Gasteiger partial charge on any atom is -0.505 e. The van der Waals surface area contributed by atoms with Crippen LogP contribution in [0.4, 0.5) is 4.39 Å². The number of hydrogen-bond acceptors (Lipinski definition) is 6. The van der Waals surface area contributed by atoms with Crippen LogP contribution in [0.1, 0.15) is 36.1 Å². The third-order valence-corrected chi connectivity index (χ3v) is 8.72. The molecule has 1 fully saturated rings. The summed E-state index contributed by atoms with van der Waals surface area (Å²) in [6.45, 7) is 1.79. The summed E-state index contributed by atoms with van der Waals surface area (Å²) in [5, 5.41) is 11.6. The van der Waals surface area contributed by atoms with Crippen molar-refractivity contribution in [1.82, 2.24) is 4.90 Å². The van der Waals surface area contributed by atoms with Gasteiger partial charge in [0.25, 0.3) is 0 Å². The highest BCUT2D eigenvalue weighted by Gasteiger charge is 2.56. The summed E-state index contributed by atoms with van der Waals surface area (Å²) >= 11 is 1.47. The number of aromatic hydroxyl groups is 1. The van der Waals surface area contributed by atoms with Crippen LogP contribution < -0.4 is 0 Å². The van der Waals surface area contributed by atoms with Crippen LogP contribution in [0.15, 0.2) is 70.2 Å². The Morgan fingerprint density at radius 3 is 2.64 bits per heavy atom. The number of carbonyl (C=O) groups is 4. The lowest BCUT2D eigenvalue weighted by Gasteiger charge is -2.42. The van der Waals surface area contributed by atoms with Gasteiger partial charge in [-0.25, -0.2) is 4.39 Å². The smallest absolute Gasteiger partial charge is 0.234 e. The predicted octanol–water partition coefficient (Wildman–Crippen LogP) is 4.22. The third-order valence-electron chi connectivity index (χ3n) is 7.86. The summed E-state index contributed by atoms with van der Waals surface area (Å²) in [7, 11) is 0. The maximum Gasteiger partial charge on any atom is 0.234 e. The number of amides is 2. The first kappa shape index (κ1) is 22.8. The monoisotopic (exact) mass is 503 g/mol. The van der Waals surface area contributed by atoms with Crippen LogP contribution in [0.3, 0.4) is 0 Å². The second kappa shape index (κ2) is 8.20. The van der Waals surface area contributed by atoms with Crippen molar-refractivity contribution in [2.75, 3.05) is 0 Å². The van der Waals surface area contributed by atoms with E-state index in [0.717, 1.165) is 10.5 Å². The molecule has 1 N–H and O–H groups in total. The van der Waals surface area contributed by atoms with Crippen LogP contribution in [-0.4, -0.2) is 33.4 Å². The zero-order chi connectivity index (χ0) is 25.3. The fourth-order valence-electron chi connectivity index (χ4n) is 6.22. The van der Waals surface area contributed by atoms with Gasteiger partial charge < -0.3 is 5.11 Å². The molecule has 1 aromatic heterocycles. The molecule has 0 radical (unpaired) electrons. The molecule has 4 atom stereocenters. The number of Topliss-reactive ketones (excluding diaryl/α,β-unsaturated/α-hetero) is 1. The first-order valence-corrected chi connectivity index (χ1v) is 12.7. The van der Waals surface area contributed by atoms with Gasteiger partial charge in [0.2, 0.25) is 11.8 Å². The summed E-state index contributed by atoms with van der Waals surface area (Å²) in [5.74, 6) is -4.78. The Morgan fingerprint density at radius 2 is 1.92 bits per heavy atom. The summed E-state index contributed by atoms with van der Waals surface area (Å²) in [5.41, 5.74) is 2.12. The van der Waals surface area contributed by atoms with E-state index < -0.39 is 35.2 Å². The fourth-order valence-corrected chi connectivity index (χ4v) is 6.92. The van der Waals surface area contributed by atoms with Crippen molar-refractivity contribution < 1.29 is 28.7 Å². The Hall–Kier alpha value is -3.65.